The van der Waals surface area contributed by atoms with E-state index in [1.54, 1.807) is 0 Å². The van der Waals surface area contributed by atoms with Gasteiger partial charge in [0, 0.05) is 19.0 Å². The molecule has 0 aliphatic rings. The maximum absolute atomic E-state index is 5.92. The first-order valence-electron chi connectivity index (χ1n) is 7.75. The van der Waals surface area contributed by atoms with E-state index in [4.69, 9.17) is 4.74 Å². The molecule has 0 spiro atoms. The third-order valence-electron chi connectivity index (χ3n) is 3.55. The van der Waals surface area contributed by atoms with Crippen molar-refractivity contribution < 1.29 is 4.74 Å². The van der Waals surface area contributed by atoms with Gasteiger partial charge in [-0.1, -0.05) is 34.6 Å². The lowest BCUT2D eigenvalue weighted by Crippen LogP contribution is -2.28. The van der Waals surface area contributed by atoms with Gasteiger partial charge in [-0.05, 0) is 20.0 Å². The fourth-order valence-corrected chi connectivity index (χ4v) is 2.03. The zero-order chi connectivity index (χ0) is 16.0. The summed E-state index contributed by atoms with van der Waals surface area (Å²) in [6.45, 7) is 16.3. The highest BCUT2D eigenvalue weighted by atomic mass is 16.5. The van der Waals surface area contributed by atoms with E-state index in [-0.39, 0.29) is 5.41 Å². The molecule has 5 nitrogen and oxygen atoms in total. The lowest BCUT2D eigenvalue weighted by atomic mass is 9.95. The SMILES string of the molecule is CCN(CC)CCOc1nc(C(C)(C)C)nc(NC)c1C. The van der Waals surface area contributed by atoms with E-state index in [9.17, 15) is 0 Å². The van der Waals surface area contributed by atoms with Gasteiger partial charge in [0.2, 0.25) is 5.88 Å². The molecule has 0 radical (unpaired) electrons. The zero-order valence-electron chi connectivity index (χ0n) is 14.6. The fourth-order valence-electron chi connectivity index (χ4n) is 2.03. The normalized spacial score (nSPS) is 11.8. The summed E-state index contributed by atoms with van der Waals surface area (Å²) in [5, 5.41) is 3.13. The molecule has 1 aromatic rings. The Bertz CT molecular complexity index is 450. The van der Waals surface area contributed by atoms with Crippen molar-refractivity contribution in [1.82, 2.24) is 14.9 Å². The van der Waals surface area contributed by atoms with Gasteiger partial charge in [-0.15, -0.1) is 0 Å². The Morgan fingerprint density at radius 3 is 2.24 bits per heavy atom. The van der Waals surface area contributed by atoms with E-state index in [0.717, 1.165) is 36.8 Å². The molecular weight excluding hydrogens is 264 g/mol. The molecule has 21 heavy (non-hydrogen) atoms. The van der Waals surface area contributed by atoms with Crippen LogP contribution in [-0.2, 0) is 5.41 Å². The first-order chi connectivity index (χ1) is 9.83. The standard InChI is InChI=1S/C16H30N4O/c1-8-20(9-2)10-11-21-14-12(3)13(17-7)18-15(19-14)16(4,5)6/h8-11H2,1-7H3,(H,17,18,19). The van der Waals surface area contributed by atoms with Crippen molar-refractivity contribution in [2.24, 2.45) is 0 Å². The number of hydrogen-bond donors (Lipinski definition) is 1. The van der Waals surface area contributed by atoms with Crippen LogP contribution in [0.1, 0.15) is 46.0 Å². The average Bonchev–Trinajstić information content (AvgIpc) is 2.44. The maximum atomic E-state index is 5.92. The number of nitrogens with zero attached hydrogens (tertiary/aromatic N) is 3. The molecule has 0 bridgehead atoms. The van der Waals surface area contributed by atoms with Crippen LogP contribution >= 0.6 is 0 Å². The molecule has 0 saturated heterocycles. The van der Waals surface area contributed by atoms with E-state index in [0.29, 0.717) is 12.5 Å². The molecule has 1 rings (SSSR count). The number of nitrogens with one attached hydrogen (secondary N) is 1. The Balaban J connectivity index is 2.90. The molecule has 1 aromatic heterocycles. The van der Waals surface area contributed by atoms with Crippen LogP contribution < -0.4 is 10.1 Å². The van der Waals surface area contributed by atoms with Gasteiger partial charge >= 0.3 is 0 Å². The molecule has 1 N–H and O–H groups in total. The number of likely N-dealkylation sites (N-methyl/N-ethyl adjacent to an activating group) is 1. The van der Waals surface area contributed by atoms with E-state index in [2.05, 4.69) is 54.8 Å². The van der Waals surface area contributed by atoms with Crippen molar-refractivity contribution in [3.05, 3.63) is 11.4 Å². The summed E-state index contributed by atoms with van der Waals surface area (Å²) >= 11 is 0. The molecule has 0 unspecified atom stereocenters. The van der Waals surface area contributed by atoms with Crippen molar-refractivity contribution in [2.75, 3.05) is 38.6 Å². The second-order valence-electron chi connectivity index (χ2n) is 6.20. The number of ether oxygens (including phenoxy) is 1. The van der Waals surface area contributed by atoms with Gasteiger partial charge in [-0.2, -0.15) is 4.98 Å². The van der Waals surface area contributed by atoms with Crippen LogP contribution in [0.4, 0.5) is 5.82 Å². The quantitative estimate of drug-likeness (QED) is 0.838. The van der Waals surface area contributed by atoms with Gasteiger partial charge in [-0.25, -0.2) is 4.98 Å². The Morgan fingerprint density at radius 1 is 1.14 bits per heavy atom. The molecule has 0 aliphatic heterocycles. The largest absolute Gasteiger partial charge is 0.476 e. The van der Waals surface area contributed by atoms with Crippen molar-refractivity contribution in [3.63, 3.8) is 0 Å². The second-order valence-corrected chi connectivity index (χ2v) is 6.20. The van der Waals surface area contributed by atoms with Crippen LogP contribution in [0.25, 0.3) is 0 Å². The molecule has 1 heterocycles. The van der Waals surface area contributed by atoms with E-state index >= 15 is 0 Å². The summed E-state index contributed by atoms with van der Waals surface area (Å²) < 4.78 is 5.92. The third kappa shape index (κ3) is 4.84. The highest BCUT2D eigenvalue weighted by Crippen LogP contribution is 2.27. The first kappa shape index (κ1) is 17.7. The van der Waals surface area contributed by atoms with E-state index < -0.39 is 0 Å². The molecule has 0 fully saturated rings. The molecule has 0 atom stereocenters. The van der Waals surface area contributed by atoms with Crippen LogP contribution in [0.5, 0.6) is 5.88 Å². The topological polar surface area (TPSA) is 50.3 Å². The van der Waals surface area contributed by atoms with Gasteiger partial charge < -0.3 is 15.0 Å². The third-order valence-corrected chi connectivity index (χ3v) is 3.55. The second kappa shape index (κ2) is 7.59. The van der Waals surface area contributed by atoms with Gasteiger partial charge in [-0.3, -0.25) is 0 Å². The van der Waals surface area contributed by atoms with Crippen LogP contribution in [0.2, 0.25) is 0 Å². The van der Waals surface area contributed by atoms with Gasteiger partial charge in [0.05, 0.1) is 5.56 Å². The summed E-state index contributed by atoms with van der Waals surface area (Å²) in [6.07, 6.45) is 0. The molecule has 0 aliphatic carbocycles. The lowest BCUT2D eigenvalue weighted by Gasteiger charge is -2.21. The number of rotatable bonds is 7. The van der Waals surface area contributed by atoms with E-state index in [1.807, 2.05) is 14.0 Å². The minimum atomic E-state index is -0.101. The predicted molar refractivity (Wildman–Crippen MR) is 88.3 cm³/mol. The van der Waals surface area contributed by atoms with E-state index in [1.165, 1.54) is 0 Å². The van der Waals surface area contributed by atoms with Crippen LogP contribution in [-0.4, -0.2) is 48.2 Å². The van der Waals surface area contributed by atoms with Crippen LogP contribution in [0.3, 0.4) is 0 Å². The van der Waals surface area contributed by atoms with Crippen molar-refractivity contribution in [1.29, 1.82) is 0 Å². The number of aromatic nitrogens is 2. The maximum Gasteiger partial charge on any atom is 0.221 e. The average molecular weight is 294 g/mol. The summed E-state index contributed by atoms with van der Waals surface area (Å²) in [6, 6.07) is 0. The first-order valence-corrected chi connectivity index (χ1v) is 7.75. The highest BCUT2D eigenvalue weighted by molar-refractivity contribution is 5.48. The Kier molecular flexibility index (Phi) is 6.40. The summed E-state index contributed by atoms with van der Waals surface area (Å²) in [5.41, 5.74) is 0.862. The molecule has 0 aromatic carbocycles. The monoisotopic (exact) mass is 294 g/mol. The minimum Gasteiger partial charge on any atom is -0.476 e. The Morgan fingerprint density at radius 2 is 1.76 bits per heavy atom. The molecule has 120 valence electrons. The highest BCUT2D eigenvalue weighted by Gasteiger charge is 2.21. The molecular formula is C16H30N4O. The fraction of sp³-hybridized carbons (Fsp3) is 0.750. The van der Waals surface area contributed by atoms with Gasteiger partial charge in [0.15, 0.2) is 0 Å². The molecule has 0 amide bonds. The van der Waals surface area contributed by atoms with Crippen LogP contribution in [0, 0.1) is 6.92 Å². The number of hydrogen-bond acceptors (Lipinski definition) is 5. The van der Waals surface area contributed by atoms with Crippen molar-refractivity contribution >= 4 is 5.82 Å². The predicted octanol–water partition coefficient (Wildman–Crippen LogP) is 2.84. The Hall–Kier alpha value is -1.36. The van der Waals surface area contributed by atoms with Crippen LogP contribution in [0.15, 0.2) is 0 Å². The summed E-state index contributed by atoms with van der Waals surface area (Å²) in [7, 11) is 1.88. The molecule has 0 saturated carbocycles. The van der Waals surface area contributed by atoms with Crippen molar-refractivity contribution in [2.45, 2.75) is 47.0 Å². The number of anilines is 1. The summed E-state index contributed by atoms with van der Waals surface area (Å²) in [5.74, 6) is 2.33. The van der Waals surface area contributed by atoms with Crippen molar-refractivity contribution in [3.8, 4) is 5.88 Å². The van der Waals surface area contributed by atoms with Gasteiger partial charge in [0.1, 0.15) is 18.2 Å². The zero-order valence-corrected chi connectivity index (χ0v) is 14.6. The lowest BCUT2D eigenvalue weighted by molar-refractivity contribution is 0.216. The summed E-state index contributed by atoms with van der Waals surface area (Å²) in [4.78, 5) is 11.5. The molecule has 5 heteroatoms. The smallest absolute Gasteiger partial charge is 0.221 e. The van der Waals surface area contributed by atoms with Gasteiger partial charge in [0.25, 0.3) is 0 Å². The Labute approximate surface area is 129 Å². The minimum absolute atomic E-state index is 0.101.